The van der Waals surface area contributed by atoms with Gasteiger partial charge in [-0.15, -0.1) is 0 Å². The van der Waals surface area contributed by atoms with Crippen LogP contribution in [-0.2, 0) is 17.0 Å². The normalized spacial score (nSPS) is 15.5. The number of thioether (sulfide) groups is 1. The quantitative estimate of drug-likeness (QED) is 0.667. The van der Waals surface area contributed by atoms with Crippen molar-refractivity contribution >= 4 is 28.4 Å². The lowest BCUT2D eigenvalue weighted by molar-refractivity contribution is -0.127. The van der Waals surface area contributed by atoms with Crippen LogP contribution in [0.4, 0.5) is 0 Å². The minimum atomic E-state index is -0.393. The molecule has 0 saturated carbocycles. The molecule has 0 bridgehead atoms. The van der Waals surface area contributed by atoms with Crippen LogP contribution in [0.15, 0.2) is 66.7 Å². The van der Waals surface area contributed by atoms with E-state index >= 15 is 0 Å². The summed E-state index contributed by atoms with van der Waals surface area (Å²) in [6.07, 6.45) is 0.265. The van der Waals surface area contributed by atoms with Crippen LogP contribution >= 0.6 is 11.8 Å². The fourth-order valence-corrected chi connectivity index (χ4v) is 4.15. The number of hydrogen-bond acceptors (Lipinski definition) is 3. The van der Waals surface area contributed by atoms with E-state index in [4.69, 9.17) is 4.74 Å². The van der Waals surface area contributed by atoms with Gasteiger partial charge in [-0.05, 0) is 28.0 Å². The molecular formula is C22H21NO2S. The van der Waals surface area contributed by atoms with Crippen LogP contribution in [0.3, 0.4) is 0 Å². The van der Waals surface area contributed by atoms with E-state index in [1.54, 1.807) is 0 Å². The van der Waals surface area contributed by atoms with E-state index in [9.17, 15) is 4.79 Å². The van der Waals surface area contributed by atoms with E-state index in [-0.39, 0.29) is 5.91 Å². The van der Waals surface area contributed by atoms with Gasteiger partial charge in [0, 0.05) is 24.5 Å². The van der Waals surface area contributed by atoms with Crippen LogP contribution < -0.4 is 10.1 Å². The van der Waals surface area contributed by atoms with Crippen molar-refractivity contribution in [2.45, 2.75) is 18.3 Å². The molecule has 0 aromatic heterocycles. The van der Waals surface area contributed by atoms with Gasteiger partial charge < -0.3 is 10.1 Å². The molecule has 0 aliphatic carbocycles. The largest absolute Gasteiger partial charge is 0.480 e. The fraction of sp³-hybridized carbons (Fsp3) is 0.227. The Morgan fingerprint density at radius 3 is 2.77 bits per heavy atom. The first-order chi connectivity index (χ1) is 12.8. The van der Waals surface area contributed by atoms with E-state index in [1.807, 2.05) is 36.0 Å². The van der Waals surface area contributed by atoms with Gasteiger partial charge in [-0.2, -0.15) is 11.8 Å². The number of fused-ring (bicyclic) bond motifs is 2. The van der Waals surface area contributed by atoms with Crippen LogP contribution in [0.1, 0.15) is 11.1 Å². The zero-order chi connectivity index (χ0) is 17.8. The molecule has 1 aliphatic rings. The Labute approximate surface area is 157 Å². The number of benzene rings is 3. The molecular weight excluding hydrogens is 342 g/mol. The molecule has 1 N–H and O–H groups in total. The molecule has 1 atom stereocenters. The first kappa shape index (κ1) is 17.0. The van der Waals surface area contributed by atoms with E-state index < -0.39 is 6.10 Å². The molecule has 132 valence electrons. The second-order valence-corrected chi connectivity index (χ2v) is 7.51. The summed E-state index contributed by atoms with van der Waals surface area (Å²) < 4.78 is 5.72. The minimum Gasteiger partial charge on any atom is -0.480 e. The third-order valence-corrected chi connectivity index (χ3v) is 5.63. The summed E-state index contributed by atoms with van der Waals surface area (Å²) in [6, 6.07) is 22.7. The van der Waals surface area contributed by atoms with Crippen molar-refractivity contribution in [3.63, 3.8) is 0 Å². The van der Waals surface area contributed by atoms with Gasteiger partial charge in [0.25, 0.3) is 5.91 Å². The average Bonchev–Trinajstić information content (AvgIpc) is 3.12. The number of rotatable bonds is 6. The highest BCUT2D eigenvalue weighted by Gasteiger charge is 2.28. The first-order valence-electron chi connectivity index (χ1n) is 8.88. The molecule has 0 saturated heterocycles. The Balaban J connectivity index is 1.23. The second kappa shape index (κ2) is 7.83. The molecule has 0 spiro atoms. The number of para-hydroxylation sites is 1. The van der Waals surface area contributed by atoms with Crippen LogP contribution in [0.2, 0.25) is 0 Å². The maximum Gasteiger partial charge on any atom is 0.261 e. The number of ether oxygens (including phenoxy) is 1. The van der Waals surface area contributed by atoms with Gasteiger partial charge in [0.1, 0.15) is 5.75 Å². The van der Waals surface area contributed by atoms with Gasteiger partial charge in [-0.25, -0.2) is 0 Å². The molecule has 0 radical (unpaired) electrons. The highest BCUT2D eigenvalue weighted by atomic mass is 32.2. The predicted octanol–water partition coefficient (Wildman–Crippen LogP) is 4.19. The summed E-state index contributed by atoms with van der Waals surface area (Å²) in [5, 5.41) is 5.58. The van der Waals surface area contributed by atoms with Gasteiger partial charge in [0.15, 0.2) is 6.10 Å². The van der Waals surface area contributed by atoms with Crippen molar-refractivity contribution in [1.82, 2.24) is 5.32 Å². The van der Waals surface area contributed by atoms with Gasteiger partial charge in [-0.3, -0.25) is 4.79 Å². The van der Waals surface area contributed by atoms with Crippen molar-refractivity contribution in [3.05, 3.63) is 77.9 Å². The van der Waals surface area contributed by atoms with E-state index in [0.29, 0.717) is 13.0 Å². The molecule has 0 fully saturated rings. The van der Waals surface area contributed by atoms with Crippen LogP contribution in [0.5, 0.6) is 5.75 Å². The second-order valence-electron chi connectivity index (χ2n) is 6.40. The van der Waals surface area contributed by atoms with Crippen LogP contribution in [-0.4, -0.2) is 24.3 Å². The van der Waals surface area contributed by atoms with E-state index in [1.165, 1.54) is 16.3 Å². The summed E-state index contributed by atoms with van der Waals surface area (Å²) >= 11 is 1.84. The Bertz CT molecular complexity index is 894. The summed E-state index contributed by atoms with van der Waals surface area (Å²) in [5.74, 6) is 2.64. The Morgan fingerprint density at radius 1 is 1.04 bits per heavy atom. The van der Waals surface area contributed by atoms with Crippen molar-refractivity contribution in [2.24, 2.45) is 0 Å². The lowest BCUT2D eigenvalue weighted by atomic mass is 10.1. The number of hydrogen-bond donors (Lipinski definition) is 1. The lowest BCUT2D eigenvalue weighted by Crippen LogP contribution is -2.38. The molecule has 1 unspecified atom stereocenters. The standard InChI is InChI=1S/C22H21NO2S/c24-22(21-14-17-7-2-4-11-20(17)25-21)23-12-13-26-15-18-9-5-8-16-6-1-3-10-19(16)18/h1-11,21H,12-15H2,(H,23,24). The van der Waals surface area contributed by atoms with E-state index in [0.717, 1.165) is 22.8 Å². The van der Waals surface area contributed by atoms with Gasteiger partial charge in [-0.1, -0.05) is 60.7 Å². The number of amides is 1. The maximum absolute atomic E-state index is 12.3. The average molecular weight is 363 g/mol. The summed E-state index contributed by atoms with van der Waals surface area (Å²) in [6.45, 7) is 0.657. The lowest BCUT2D eigenvalue weighted by Gasteiger charge is -2.11. The molecule has 4 heteroatoms. The van der Waals surface area contributed by atoms with Crippen LogP contribution in [0.25, 0.3) is 10.8 Å². The zero-order valence-electron chi connectivity index (χ0n) is 14.5. The monoisotopic (exact) mass is 363 g/mol. The third kappa shape index (κ3) is 3.70. The third-order valence-electron chi connectivity index (χ3n) is 4.62. The summed E-state index contributed by atoms with van der Waals surface area (Å²) in [5.41, 5.74) is 2.45. The maximum atomic E-state index is 12.3. The molecule has 26 heavy (non-hydrogen) atoms. The van der Waals surface area contributed by atoms with Crippen molar-refractivity contribution in [1.29, 1.82) is 0 Å². The number of nitrogens with one attached hydrogen (secondary N) is 1. The molecule has 1 aliphatic heterocycles. The molecule has 3 aromatic rings. The van der Waals surface area contributed by atoms with Gasteiger partial charge >= 0.3 is 0 Å². The highest BCUT2D eigenvalue weighted by molar-refractivity contribution is 7.98. The van der Waals surface area contributed by atoms with Gasteiger partial charge in [0.2, 0.25) is 0 Å². The van der Waals surface area contributed by atoms with Crippen molar-refractivity contribution in [3.8, 4) is 5.75 Å². The highest BCUT2D eigenvalue weighted by Crippen LogP contribution is 2.28. The zero-order valence-corrected chi connectivity index (χ0v) is 15.3. The van der Waals surface area contributed by atoms with Crippen molar-refractivity contribution in [2.75, 3.05) is 12.3 Å². The van der Waals surface area contributed by atoms with Crippen LogP contribution in [0, 0.1) is 0 Å². The molecule has 1 heterocycles. The fourth-order valence-electron chi connectivity index (χ4n) is 3.29. The topological polar surface area (TPSA) is 38.3 Å². The number of carbonyl (C=O) groups excluding carboxylic acids is 1. The summed E-state index contributed by atoms with van der Waals surface area (Å²) in [7, 11) is 0. The molecule has 1 amide bonds. The number of carbonyl (C=O) groups is 1. The molecule has 3 aromatic carbocycles. The Morgan fingerprint density at radius 2 is 1.85 bits per heavy atom. The smallest absolute Gasteiger partial charge is 0.261 e. The SMILES string of the molecule is O=C(NCCSCc1cccc2ccccc12)C1Cc2ccccc2O1. The molecule has 3 nitrogen and oxygen atoms in total. The Hall–Kier alpha value is -2.46. The first-order valence-corrected chi connectivity index (χ1v) is 10.0. The van der Waals surface area contributed by atoms with Gasteiger partial charge in [0.05, 0.1) is 0 Å². The Kier molecular flexibility index (Phi) is 5.12. The molecule has 4 rings (SSSR count). The van der Waals surface area contributed by atoms with E-state index in [2.05, 4.69) is 47.8 Å². The van der Waals surface area contributed by atoms with Crippen molar-refractivity contribution < 1.29 is 9.53 Å². The predicted molar refractivity (Wildman–Crippen MR) is 108 cm³/mol. The summed E-state index contributed by atoms with van der Waals surface area (Å²) in [4.78, 5) is 12.3. The minimum absolute atomic E-state index is 0.0213.